The largest absolute Gasteiger partial charge is 0.478 e. The zero-order chi connectivity index (χ0) is 12.8. The smallest absolute Gasteiger partial charge is 0.339 e. The lowest BCUT2D eigenvalue weighted by molar-refractivity contribution is 0.0126. The highest BCUT2D eigenvalue weighted by atomic mass is 16.6. The number of rotatable bonds is 5. The molecule has 0 spiro atoms. The summed E-state index contributed by atoms with van der Waals surface area (Å²) in [6.07, 6.45) is -0.137. The molecule has 2 N–H and O–H groups in total. The minimum absolute atomic E-state index is 0.00750. The molecule has 1 aromatic rings. The normalized spacial score (nSPS) is 11.9. The number of carbonyl (C=O) groups is 2. The number of hydrogen-bond donors (Lipinski definition) is 2. The van der Waals surface area contributed by atoms with E-state index >= 15 is 0 Å². The van der Waals surface area contributed by atoms with E-state index in [9.17, 15) is 9.59 Å². The van der Waals surface area contributed by atoms with E-state index in [2.05, 4.69) is 0 Å². The van der Waals surface area contributed by atoms with E-state index < -0.39 is 18.0 Å². The van der Waals surface area contributed by atoms with Gasteiger partial charge in [-0.15, -0.1) is 0 Å². The van der Waals surface area contributed by atoms with E-state index in [1.165, 1.54) is 18.2 Å². The Kier molecular flexibility index (Phi) is 4.66. The Bertz CT molecular complexity index is 409. The fourth-order valence-corrected chi connectivity index (χ4v) is 1.31. The third-order valence-corrected chi connectivity index (χ3v) is 2.31. The van der Waals surface area contributed by atoms with Crippen LogP contribution in [0.15, 0.2) is 24.3 Å². The first-order valence-corrected chi connectivity index (χ1v) is 5.24. The maximum atomic E-state index is 11.7. The first-order chi connectivity index (χ1) is 8.10. The van der Waals surface area contributed by atoms with Crippen molar-refractivity contribution >= 4 is 11.9 Å². The number of aromatic carboxylic acids is 1. The van der Waals surface area contributed by atoms with Crippen LogP contribution in [-0.4, -0.2) is 34.9 Å². The number of ether oxygens (including phenoxy) is 1. The van der Waals surface area contributed by atoms with Crippen LogP contribution in [0.1, 0.15) is 34.1 Å². The highest BCUT2D eigenvalue weighted by molar-refractivity contribution is 6.02. The Morgan fingerprint density at radius 2 is 1.88 bits per heavy atom. The molecule has 1 rings (SSSR count). The van der Waals surface area contributed by atoms with Gasteiger partial charge >= 0.3 is 11.9 Å². The van der Waals surface area contributed by atoms with Gasteiger partial charge in [-0.3, -0.25) is 0 Å². The lowest BCUT2D eigenvalue weighted by Gasteiger charge is -2.14. The van der Waals surface area contributed by atoms with Gasteiger partial charge in [0.05, 0.1) is 17.7 Å². The predicted octanol–water partition coefficient (Wildman–Crippen LogP) is 1.31. The second-order valence-electron chi connectivity index (χ2n) is 3.47. The standard InChI is InChI=1S/C12H14O5/c1-2-8(7-13)17-12(16)10-6-4-3-5-9(10)11(14)15/h3-6,8,13H,2,7H2,1H3,(H,14,15). The van der Waals surface area contributed by atoms with Crippen molar-refractivity contribution in [1.29, 1.82) is 0 Å². The number of carboxylic acids is 1. The van der Waals surface area contributed by atoms with Crippen molar-refractivity contribution in [3.05, 3.63) is 35.4 Å². The lowest BCUT2D eigenvalue weighted by Crippen LogP contribution is -2.22. The summed E-state index contributed by atoms with van der Waals surface area (Å²) in [7, 11) is 0. The number of esters is 1. The van der Waals surface area contributed by atoms with Gasteiger partial charge in [-0.25, -0.2) is 9.59 Å². The van der Waals surface area contributed by atoms with Crippen molar-refractivity contribution in [2.75, 3.05) is 6.61 Å². The molecule has 0 heterocycles. The summed E-state index contributed by atoms with van der Waals surface area (Å²) in [5, 5.41) is 17.8. The van der Waals surface area contributed by atoms with Gasteiger partial charge in [-0.2, -0.15) is 0 Å². The molecule has 0 bridgehead atoms. The molecule has 1 atom stereocenters. The zero-order valence-electron chi connectivity index (χ0n) is 9.42. The minimum Gasteiger partial charge on any atom is -0.478 e. The Balaban J connectivity index is 2.92. The van der Waals surface area contributed by atoms with Crippen molar-refractivity contribution in [2.45, 2.75) is 19.4 Å². The minimum atomic E-state index is -1.19. The van der Waals surface area contributed by atoms with Crippen molar-refractivity contribution in [1.82, 2.24) is 0 Å². The van der Waals surface area contributed by atoms with Crippen molar-refractivity contribution in [2.24, 2.45) is 0 Å². The molecule has 1 unspecified atom stereocenters. The molecule has 0 saturated carbocycles. The highest BCUT2D eigenvalue weighted by Gasteiger charge is 2.19. The number of aliphatic hydroxyl groups is 1. The molecule has 0 aliphatic heterocycles. The predicted molar refractivity (Wildman–Crippen MR) is 60.0 cm³/mol. The molecule has 5 nitrogen and oxygen atoms in total. The molecule has 0 aliphatic carbocycles. The van der Waals surface area contributed by atoms with Crippen molar-refractivity contribution < 1.29 is 24.5 Å². The molecule has 0 aliphatic rings. The van der Waals surface area contributed by atoms with Crippen molar-refractivity contribution in [3.8, 4) is 0 Å². The van der Waals surface area contributed by atoms with E-state index in [1.54, 1.807) is 13.0 Å². The van der Waals surface area contributed by atoms with Crippen LogP contribution in [0.5, 0.6) is 0 Å². The number of carboxylic acid groups (broad SMARTS) is 1. The third-order valence-electron chi connectivity index (χ3n) is 2.31. The van der Waals surface area contributed by atoms with Crippen LogP contribution >= 0.6 is 0 Å². The molecular formula is C12H14O5. The van der Waals surface area contributed by atoms with E-state index in [0.717, 1.165) is 0 Å². The molecule has 0 saturated heterocycles. The van der Waals surface area contributed by atoms with Gasteiger partial charge in [-0.1, -0.05) is 19.1 Å². The van der Waals surface area contributed by atoms with Crippen LogP contribution in [0.25, 0.3) is 0 Å². The topological polar surface area (TPSA) is 83.8 Å². The molecule has 5 heteroatoms. The SMILES string of the molecule is CCC(CO)OC(=O)c1ccccc1C(=O)O. The van der Waals surface area contributed by atoms with Crippen LogP contribution in [0.2, 0.25) is 0 Å². The van der Waals surface area contributed by atoms with E-state index in [1.807, 2.05) is 0 Å². The van der Waals surface area contributed by atoms with Crippen LogP contribution in [-0.2, 0) is 4.74 Å². The fourth-order valence-electron chi connectivity index (χ4n) is 1.31. The summed E-state index contributed by atoms with van der Waals surface area (Å²) in [6, 6.07) is 5.81. The average molecular weight is 238 g/mol. The molecule has 1 aromatic carbocycles. The van der Waals surface area contributed by atoms with Crippen LogP contribution in [0.4, 0.5) is 0 Å². The Labute approximate surface area is 98.6 Å². The maximum absolute atomic E-state index is 11.7. The molecule has 92 valence electrons. The number of aliphatic hydroxyl groups excluding tert-OH is 1. The number of carbonyl (C=O) groups excluding carboxylic acids is 1. The number of benzene rings is 1. The molecule has 17 heavy (non-hydrogen) atoms. The van der Waals surface area contributed by atoms with Gasteiger partial charge < -0.3 is 14.9 Å². The van der Waals surface area contributed by atoms with E-state index in [4.69, 9.17) is 14.9 Å². The molecule has 0 amide bonds. The summed E-state index contributed by atoms with van der Waals surface area (Å²) >= 11 is 0. The lowest BCUT2D eigenvalue weighted by atomic mass is 10.1. The summed E-state index contributed by atoms with van der Waals surface area (Å²) in [5.41, 5.74) is -0.114. The number of hydrogen-bond acceptors (Lipinski definition) is 4. The Morgan fingerprint density at radius 1 is 1.29 bits per heavy atom. The summed E-state index contributed by atoms with van der Waals surface area (Å²) < 4.78 is 4.97. The molecule has 0 fully saturated rings. The van der Waals surface area contributed by atoms with E-state index in [0.29, 0.717) is 6.42 Å². The second-order valence-corrected chi connectivity index (χ2v) is 3.47. The van der Waals surface area contributed by atoms with Gasteiger partial charge in [0.25, 0.3) is 0 Å². The summed E-state index contributed by atoms with van der Waals surface area (Å²) in [6.45, 7) is 1.48. The quantitative estimate of drug-likeness (QED) is 0.755. The van der Waals surface area contributed by atoms with Crippen LogP contribution in [0.3, 0.4) is 0 Å². The molecule has 0 aromatic heterocycles. The van der Waals surface area contributed by atoms with Gasteiger partial charge in [0.15, 0.2) is 0 Å². The van der Waals surface area contributed by atoms with Gasteiger partial charge in [-0.05, 0) is 18.6 Å². The zero-order valence-corrected chi connectivity index (χ0v) is 9.42. The van der Waals surface area contributed by atoms with Crippen LogP contribution < -0.4 is 0 Å². The molecular weight excluding hydrogens is 224 g/mol. The van der Waals surface area contributed by atoms with Crippen LogP contribution in [0, 0.1) is 0 Å². The maximum Gasteiger partial charge on any atom is 0.339 e. The molecule has 0 radical (unpaired) electrons. The van der Waals surface area contributed by atoms with Gasteiger partial charge in [0, 0.05) is 0 Å². The average Bonchev–Trinajstić information content (AvgIpc) is 2.35. The van der Waals surface area contributed by atoms with Gasteiger partial charge in [0.2, 0.25) is 0 Å². The van der Waals surface area contributed by atoms with Gasteiger partial charge in [0.1, 0.15) is 6.10 Å². The Hall–Kier alpha value is -1.88. The second kappa shape index (κ2) is 6.00. The van der Waals surface area contributed by atoms with Crippen molar-refractivity contribution in [3.63, 3.8) is 0 Å². The summed E-state index contributed by atoms with van der Waals surface area (Å²) in [5.74, 6) is -1.92. The Morgan fingerprint density at radius 3 is 2.35 bits per heavy atom. The third kappa shape index (κ3) is 3.29. The highest BCUT2D eigenvalue weighted by Crippen LogP contribution is 2.12. The monoisotopic (exact) mass is 238 g/mol. The van der Waals surface area contributed by atoms with E-state index in [-0.39, 0.29) is 17.7 Å². The first-order valence-electron chi connectivity index (χ1n) is 5.24. The first kappa shape index (κ1) is 13.2. The summed E-state index contributed by atoms with van der Waals surface area (Å²) in [4.78, 5) is 22.6. The fraction of sp³-hybridized carbons (Fsp3) is 0.333.